The van der Waals surface area contributed by atoms with E-state index in [9.17, 15) is 4.79 Å². The second kappa shape index (κ2) is 3.58. The van der Waals surface area contributed by atoms with Crippen molar-refractivity contribution in [3.8, 4) is 0 Å². The summed E-state index contributed by atoms with van der Waals surface area (Å²) in [5.74, 6) is -0.0347. The van der Waals surface area contributed by atoms with Gasteiger partial charge in [-0.15, -0.1) is 0 Å². The number of ketones is 1. The number of Topliss-reactive ketones (excluding diaryl/α,β-unsaturated/α-hetero) is 1. The van der Waals surface area contributed by atoms with E-state index >= 15 is 0 Å². The minimum Gasteiger partial charge on any atom is -0.391 e. The molecule has 0 aromatic heterocycles. The second-order valence-electron chi connectivity index (χ2n) is 2.12. The first kappa shape index (κ1) is 8.59. The van der Waals surface area contributed by atoms with Gasteiger partial charge in [0, 0.05) is 0 Å². The zero-order valence-electron chi connectivity index (χ0n) is 6.01. The van der Waals surface area contributed by atoms with Crippen LogP contribution in [0.1, 0.15) is 13.8 Å². The number of hydrogen-bond donors (Lipinski definition) is 2. The highest BCUT2D eigenvalue weighted by Gasteiger charge is 2.16. The van der Waals surface area contributed by atoms with E-state index in [0.717, 1.165) is 0 Å². The Morgan fingerprint density at radius 3 is 2.11 bits per heavy atom. The van der Waals surface area contributed by atoms with E-state index in [1.54, 1.807) is 14.0 Å². The lowest BCUT2D eigenvalue weighted by Crippen LogP contribution is -2.41. The number of carbonyl (C=O) groups is 1. The summed E-state index contributed by atoms with van der Waals surface area (Å²) in [5, 5.41) is 11.6. The molecule has 0 aliphatic heterocycles. The molecule has 0 saturated carbocycles. The minimum absolute atomic E-state index is 0.0347. The lowest BCUT2D eigenvalue weighted by molar-refractivity contribution is -0.121. The van der Waals surface area contributed by atoms with Crippen molar-refractivity contribution < 1.29 is 9.90 Å². The van der Waals surface area contributed by atoms with Crippen LogP contribution in [0, 0.1) is 0 Å². The van der Waals surface area contributed by atoms with Crippen molar-refractivity contribution in [2.24, 2.45) is 0 Å². The summed E-state index contributed by atoms with van der Waals surface area (Å²) in [6.07, 6.45) is -0.604. The lowest BCUT2D eigenvalue weighted by Gasteiger charge is -2.14. The van der Waals surface area contributed by atoms with Gasteiger partial charge >= 0.3 is 0 Å². The van der Waals surface area contributed by atoms with Crippen LogP contribution in [-0.4, -0.2) is 30.1 Å². The number of hydrogen-bond acceptors (Lipinski definition) is 3. The molecule has 0 aliphatic rings. The molecule has 0 fully saturated rings. The highest BCUT2D eigenvalue weighted by Crippen LogP contribution is 1.91. The van der Waals surface area contributed by atoms with Crippen molar-refractivity contribution in [1.82, 2.24) is 5.32 Å². The highest BCUT2D eigenvalue weighted by atomic mass is 16.3. The van der Waals surface area contributed by atoms with Crippen molar-refractivity contribution in [2.75, 3.05) is 7.05 Å². The molecule has 9 heavy (non-hydrogen) atoms. The first-order chi connectivity index (χ1) is 4.09. The fourth-order valence-corrected chi connectivity index (χ4v) is 0.784. The van der Waals surface area contributed by atoms with Gasteiger partial charge in [-0.3, -0.25) is 4.79 Å². The molecular formula is C6H13NO2. The van der Waals surface area contributed by atoms with Crippen LogP contribution in [0.5, 0.6) is 0 Å². The van der Waals surface area contributed by atoms with Crippen LogP contribution in [0.15, 0.2) is 0 Å². The molecule has 0 aliphatic carbocycles. The van der Waals surface area contributed by atoms with Crippen LogP contribution < -0.4 is 5.32 Å². The van der Waals surface area contributed by atoms with E-state index in [0.29, 0.717) is 0 Å². The van der Waals surface area contributed by atoms with Crippen LogP contribution in [0.25, 0.3) is 0 Å². The number of rotatable bonds is 3. The molecule has 0 bridgehead atoms. The molecule has 0 unspecified atom stereocenters. The van der Waals surface area contributed by atoms with E-state index in [4.69, 9.17) is 5.11 Å². The fourth-order valence-electron chi connectivity index (χ4n) is 0.784. The molecule has 3 nitrogen and oxygen atoms in total. The summed E-state index contributed by atoms with van der Waals surface area (Å²) in [6.45, 7) is 3.04. The van der Waals surface area contributed by atoms with Crippen LogP contribution in [0.4, 0.5) is 0 Å². The molecule has 0 radical (unpaired) electrons. The SMILES string of the molecule is CN[C@H](C(C)=O)[C@H](C)O. The Bertz CT molecular complexity index is 101. The largest absolute Gasteiger partial charge is 0.391 e. The van der Waals surface area contributed by atoms with E-state index in [1.165, 1.54) is 6.92 Å². The average Bonchev–Trinajstić information content (AvgIpc) is 1.64. The number of aliphatic hydroxyl groups excluding tert-OH is 1. The van der Waals surface area contributed by atoms with Gasteiger partial charge in [-0.25, -0.2) is 0 Å². The first-order valence-electron chi connectivity index (χ1n) is 2.95. The predicted octanol–water partition coefficient (Wildman–Crippen LogP) is -0.456. The van der Waals surface area contributed by atoms with Crippen molar-refractivity contribution >= 4 is 5.78 Å². The predicted molar refractivity (Wildman–Crippen MR) is 35.2 cm³/mol. The molecule has 0 aromatic carbocycles. The highest BCUT2D eigenvalue weighted by molar-refractivity contribution is 5.81. The minimum atomic E-state index is -0.604. The molecule has 3 heteroatoms. The Morgan fingerprint density at radius 1 is 1.67 bits per heavy atom. The quantitative estimate of drug-likeness (QED) is 0.545. The summed E-state index contributed by atoms with van der Waals surface area (Å²) < 4.78 is 0. The summed E-state index contributed by atoms with van der Waals surface area (Å²) in [6, 6.07) is -0.412. The maximum Gasteiger partial charge on any atom is 0.149 e. The van der Waals surface area contributed by atoms with Gasteiger partial charge in [-0.2, -0.15) is 0 Å². The third kappa shape index (κ3) is 2.58. The van der Waals surface area contributed by atoms with Gasteiger partial charge in [-0.1, -0.05) is 0 Å². The monoisotopic (exact) mass is 131 g/mol. The topological polar surface area (TPSA) is 49.3 Å². The second-order valence-corrected chi connectivity index (χ2v) is 2.12. The molecule has 2 N–H and O–H groups in total. The van der Waals surface area contributed by atoms with E-state index in [2.05, 4.69) is 5.32 Å². The van der Waals surface area contributed by atoms with Crippen LogP contribution in [0.2, 0.25) is 0 Å². The van der Waals surface area contributed by atoms with Crippen molar-refractivity contribution in [3.63, 3.8) is 0 Å². The normalized spacial score (nSPS) is 16.9. The maximum absolute atomic E-state index is 10.6. The fraction of sp³-hybridized carbons (Fsp3) is 0.833. The van der Waals surface area contributed by atoms with Gasteiger partial charge in [0.25, 0.3) is 0 Å². The third-order valence-electron chi connectivity index (χ3n) is 1.23. The molecule has 0 amide bonds. The van der Waals surface area contributed by atoms with Crippen molar-refractivity contribution in [1.29, 1.82) is 0 Å². The molecule has 0 saturated heterocycles. The zero-order chi connectivity index (χ0) is 7.44. The molecule has 0 spiro atoms. The standard InChI is InChI=1S/C6H13NO2/c1-4(8)6(7-3)5(2)9/h4,6-8H,1-3H3/t4-,6-/m0/s1. The number of carbonyl (C=O) groups excluding carboxylic acids is 1. The Balaban J connectivity index is 3.83. The number of aliphatic hydroxyl groups is 1. The Morgan fingerprint density at radius 2 is 2.11 bits per heavy atom. The molecule has 2 atom stereocenters. The van der Waals surface area contributed by atoms with Gasteiger partial charge in [0.05, 0.1) is 12.1 Å². The Kier molecular flexibility index (Phi) is 3.42. The number of nitrogens with one attached hydrogen (secondary N) is 1. The lowest BCUT2D eigenvalue weighted by atomic mass is 10.1. The van der Waals surface area contributed by atoms with Gasteiger partial charge in [0.1, 0.15) is 5.78 Å². The van der Waals surface area contributed by atoms with Gasteiger partial charge in [-0.05, 0) is 20.9 Å². The van der Waals surface area contributed by atoms with Crippen molar-refractivity contribution in [2.45, 2.75) is 26.0 Å². The van der Waals surface area contributed by atoms with Gasteiger partial charge in [0.2, 0.25) is 0 Å². The Labute approximate surface area is 55.1 Å². The molecule has 0 aromatic rings. The first-order valence-corrected chi connectivity index (χ1v) is 2.95. The third-order valence-corrected chi connectivity index (χ3v) is 1.23. The molecule has 0 heterocycles. The van der Waals surface area contributed by atoms with Gasteiger partial charge in [0.15, 0.2) is 0 Å². The van der Waals surface area contributed by atoms with Crippen LogP contribution in [0.3, 0.4) is 0 Å². The smallest absolute Gasteiger partial charge is 0.149 e. The zero-order valence-corrected chi connectivity index (χ0v) is 6.01. The average molecular weight is 131 g/mol. The summed E-state index contributed by atoms with van der Waals surface area (Å²) in [4.78, 5) is 10.6. The molecular weight excluding hydrogens is 118 g/mol. The van der Waals surface area contributed by atoms with Gasteiger partial charge < -0.3 is 10.4 Å². The number of likely N-dealkylation sites (N-methyl/N-ethyl adjacent to an activating group) is 1. The van der Waals surface area contributed by atoms with Crippen molar-refractivity contribution in [3.05, 3.63) is 0 Å². The summed E-state index contributed by atoms with van der Waals surface area (Å²) in [7, 11) is 1.65. The van der Waals surface area contributed by atoms with E-state index in [1.807, 2.05) is 0 Å². The summed E-state index contributed by atoms with van der Waals surface area (Å²) >= 11 is 0. The molecule has 54 valence electrons. The van der Waals surface area contributed by atoms with Crippen LogP contribution in [-0.2, 0) is 4.79 Å². The Hall–Kier alpha value is -0.410. The van der Waals surface area contributed by atoms with E-state index in [-0.39, 0.29) is 5.78 Å². The molecule has 0 rings (SSSR count). The van der Waals surface area contributed by atoms with Crippen LogP contribution >= 0.6 is 0 Å². The summed E-state index contributed by atoms with van der Waals surface area (Å²) in [5.41, 5.74) is 0. The van der Waals surface area contributed by atoms with E-state index < -0.39 is 12.1 Å². The maximum atomic E-state index is 10.6.